The lowest BCUT2D eigenvalue weighted by molar-refractivity contribution is -0.116. The van der Waals surface area contributed by atoms with Gasteiger partial charge in [-0.1, -0.05) is 49.5 Å². The van der Waals surface area contributed by atoms with E-state index in [1.807, 2.05) is 19.9 Å². The molecule has 7 nitrogen and oxygen atoms in total. The first-order valence-corrected chi connectivity index (χ1v) is 12.4. The molecule has 1 aliphatic rings. The van der Waals surface area contributed by atoms with Gasteiger partial charge in [0, 0.05) is 30.1 Å². The van der Waals surface area contributed by atoms with Gasteiger partial charge in [0.25, 0.3) is 0 Å². The number of nitrogens with one attached hydrogen (secondary N) is 2. The van der Waals surface area contributed by atoms with Crippen LogP contribution in [-0.4, -0.2) is 26.8 Å². The smallest absolute Gasteiger partial charge is 0.342 e. The van der Waals surface area contributed by atoms with Crippen LogP contribution in [0.3, 0.4) is 0 Å². The van der Waals surface area contributed by atoms with E-state index in [4.69, 9.17) is 23.2 Å². The maximum absolute atomic E-state index is 13.1. The standard InChI is InChI=1S/C26H28Cl2N4O3/c1-15(2)10-25(34)30-18-7-9-24(33)19(12-18)22-13-23(17-4-3-5-17)32(31-22)26(35)29-14-16-6-8-20(27)21(28)11-16/h6-9,11-13,15,17,33H,3-5,10,14H2,1-2H3,(H,29,35)(H,30,34). The molecular formula is C26H28Cl2N4O3. The maximum Gasteiger partial charge on any atom is 0.342 e. The third-order valence-electron chi connectivity index (χ3n) is 6.03. The van der Waals surface area contributed by atoms with Crippen LogP contribution in [0.2, 0.25) is 10.0 Å². The molecule has 35 heavy (non-hydrogen) atoms. The second-order valence-electron chi connectivity index (χ2n) is 9.28. The van der Waals surface area contributed by atoms with E-state index in [-0.39, 0.29) is 36.1 Å². The minimum atomic E-state index is -0.370. The number of aromatic hydroxyl groups is 1. The number of carbonyl (C=O) groups excluding carboxylic acids is 2. The molecule has 2 amide bonds. The van der Waals surface area contributed by atoms with Gasteiger partial charge in [0.2, 0.25) is 5.91 Å². The molecule has 1 heterocycles. The van der Waals surface area contributed by atoms with Crippen molar-refractivity contribution in [3.63, 3.8) is 0 Å². The van der Waals surface area contributed by atoms with Gasteiger partial charge in [-0.15, -0.1) is 0 Å². The second-order valence-corrected chi connectivity index (χ2v) is 10.1. The van der Waals surface area contributed by atoms with Crippen LogP contribution in [-0.2, 0) is 11.3 Å². The van der Waals surface area contributed by atoms with Gasteiger partial charge in [-0.05, 0) is 60.7 Å². The Morgan fingerprint density at radius 2 is 1.89 bits per heavy atom. The van der Waals surface area contributed by atoms with Crippen LogP contribution >= 0.6 is 23.2 Å². The average Bonchev–Trinajstić information content (AvgIpc) is 3.18. The van der Waals surface area contributed by atoms with Crippen molar-refractivity contribution < 1.29 is 14.7 Å². The minimum absolute atomic E-state index is 0.0212. The van der Waals surface area contributed by atoms with Crippen LogP contribution < -0.4 is 10.6 Å². The molecule has 0 bridgehead atoms. The summed E-state index contributed by atoms with van der Waals surface area (Å²) in [5.41, 5.74) is 3.09. The number of benzene rings is 2. The fourth-order valence-electron chi connectivity index (χ4n) is 3.99. The van der Waals surface area contributed by atoms with E-state index < -0.39 is 0 Å². The molecule has 4 rings (SSSR count). The second kappa shape index (κ2) is 10.7. The molecule has 184 valence electrons. The van der Waals surface area contributed by atoms with Gasteiger partial charge in [-0.3, -0.25) is 4.79 Å². The van der Waals surface area contributed by atoms with Crippen molar-refractivity contribution in [2.24, 2.45) is 5.92 Å². The van der Waals surface area contributed by atoms with Crippen LogP contribution in [0.15, 0.2) is 42.5 Å². The SMILES string of the molecule is CC(C)CC(=O)Nc1ccc(O)c(-c2cc(C3CCC3)n(C(=O)NCc3ccc(Cl)c(Cl)c3)n2)c1. The number of phenolic OH excluding ortho intramolecular Hbond substituents is 1. The number of anilines is 1. The Bertz CT molecular complexity index is 1250. The van der Waals surface area contributed by atoms with Crippen LogP contribution in [0, 0.1) is 5.92 Å². The highest BCUT2D eigenvalue weighted by atomic mass is 35.5. The van der Waals surface area contributed by atoms with Gasteiger partial charge in [0.1, 0.15) is 5.75 Å². The zero-order valence-corrected chi connectivity index (χ0v) is 21.2. The Morgan fingerprint density at radius 1 is 1.11 bits per heavy atom. The molecule has 1 saturated carbocycles. The minimum Gasteiger partial charge on any atom is -0.507 e. The zero-order chi connectivity index (χ0) is 25.1. The molecule has 1 aliphatic carbocycles. The molecule has 2 aromatic carbocycles. The van der Waals surface area contributed by atoms with E-state index in [2.05, 4.69) is 15.7 Å². The van der Waals surface area contributed by atoms with Gasteiger partial charge in [-0.25, -0.2) is 4.79 Å². The van der Waals surface area contributed by atoms with E-state index >= 15 is 0 Å². The summed E-state index contributed by atoms with van der Waals surface area (Å²) in [5.74, 6) is 0.379. The maximum atomic E-state index is 13.1. The number of nitrogens with zero attached hydrogens (tertiary/aromatic N) is 2. The van der Waals surface area contributed by atoms with Crippen LogP contribution in [0.5, 0.6) is 5.75 Å². The van der Waals surface area contributed by atoms with Crippen molar-refractivity contribution in [1.29, 1.82) is 0 Å². The Hall–Kier alpha value is -3.03. The van der Waals surface area contributed by atoms with Gasteiger partial charge in [0.05, 0.1) is 21.4 Å². The predicted octanol–water partition coefficient (Wildman–Crippen LogP) is 6.57. The normalized spacial score (nSPS) is 13.5. The number of aromatic nitrogens is 2. The highest BCUT2D eigenvalue weighted by molar-refractivity contribution is 6.42. The van der Waals surface area contributed by atoms with Crippen molar-refractivity contribution in [2.75, 3.05) is 5.32 Å². The van der Waals surface area contributed by atoms with Crippen molar-refractivity contribution in [3.05, 3.63) is 63.8 Å². The van der Waals surface area contributed by atoms with Crippen molar-refractivity contribution in [1.82, 2.24) is 15.1 Å². The van der Waals surface area contributed by atoms with E-state index in [0.717, 1.165) is 30.5 Å². The van der Waals surface area contributed by atoms with Gasteiger partial charge in [0.15, 0.2) is 0 Å². The largest absolute Gasteiger partial charge is 0.507 e. The molecule has 0 aliphatic heterocycles. The zero-order valence-electron chi connectivity index (χ0n) is 19.6. The molecule has 3 aromatic rings. The molecule has 0 spiro atoms. The first-order chi connectivity index (χ1) is 16.7. The number of phenols is 1. The summed E-state index contributed by atoms with van der Waals surface area (Å²) in [6.45, 7) is 4.21. The highest BCUT2D eigenvalue weighted by Crippen LogP contribution is 2.39. The molecule has 0 saturated heterocycles. The van der Waals surface area contributed by atoms with Crippen LogP contribution in [0.25, 0.3) is 11.3 Å². The molecular weight excluding hydrogens is 487 g/mol. The lowest BCUT2D eigenvalue weighted by atomic mass is 9.82. The number of halogens is 2. The number of carbonyl (C=O) groups is 2. The van der Waals surface area contributed by atoms with Crippen molar-refractivity contribution in [3.8, 4) is 17.0 Å². The Morgan fingerprint density at radius 3 is 2.54 bits per heavy atom. The Labute approximate surface area is 214 Å². The monoisotopic (exact) mass is 514 g/mol. The molecule has 9 heteroatoms. The molecule has 3 N–H and O–H groups in total. The van der Waals surface area contributed by atoms with Crippen LogP contribution in [0.4, 0.5) is 10.5 Å². The predicted molar refractivity (Wildman–Crippen MR) is 138 cm³/mol. The van der Waals surface area contributed by atoms with E-state index in [0.29, 0.717) is 33.4 Å². The molecule has 0 atom stereocenters. The number of hydrogen-bond acceptors (Lipinski definition) is 4. The van der Waals surface area contributed by atoms with E-state index in [1.165, 1.54) is 10.7 Å². The fraction of sp³-hybridized carbons (Fsp3) is 0.346. The number of hydrogen-bond donors (Lipinski definition) is 3. The summed E-state index contributed by atoms with van der Waals surface area (Å²) in [4.78, 5) is 25.3. The molecule has 1 aromatic heterocycles. The Kier molecular flexibility index (Phi) is 7.67. The summed E-state index contributed by atoms with van der Waals surface area (Å²) in [6.07, 6.45) is 3.44. The number of amides is 2. The Balaban J connectivity index is 1.58. The van der Waals surface area contributed by atoms with Gasteiger partial charge >= 0.3 is 6.03 Å². The molecule has 0 radical (unpaired) electrons. The summed E-state index contributed by atoms with van der Waals surface area (Å²) >= 11 is 12.1. The van der Waals surface area contributed by atoms with Gasteiger partial charge < -0.3 is 15.7 Å². The summed E-state index contributed by atoms with van der Waals surface area (Å²) < 4.78 is 1.38. The van der Waals surface area contributed by atoms with Crippen LogP contribution in [0.1, 0.15) is 56.7 Å². The summed E-state index contributed by atoms with van der Waals surface area (Å²) in [6, 6.07) is 11.5. The summed E-state index contributed by atoms with van der Waals surface area (Å²) in [7, 11) is 0. The van der Waals surface area contributed by atoms with Gasteiger partial charge in [-0.2, -0.15) is 9.78 Å². The number of rotatable bonds is 7. The quantitative estimate of drug-likeness (QED) is 0.310. The first kappa shape index (κ1) is 25.1. The third kappa shape index (κ3) is 5.97. The topological polar surface area (TPSA) is 96.2 Å². The van der Waals surface area contributed by atoms with E-state index in [9.17, 15) is 14.7 Å². The lowest BCUT2D eigenvalue weighted by Gasteiger charge is -2.25. The summed E-state index contributed by atoms with van der Waals surface area (Å²) in [5, 5.41) is 21.7. The highest BCUT2D eigenvalue weighted by Gasteiger charge is 2.27. The first-order valence-electron chi connectivity index (χ1n) is 11.7. The van der Waals surface area contributed by atoms with Crippen molar-refractivity contribution in [2.45, 2.75) is 52.0 Å². The fourth-order valence-corrected chi connectivity index (χ4v) is 4.31. The third-order valence-corrected chi connectivity index (χ3v) is 6.77. The van der Waals surface area contributed by atoms with E-state index in [1.54, 1.807) is 30.3 Å². The van der Waals surface area contributed by atoms with Crippen molar-refractivity contribution >= 4 is 40.8 Å². The molecule has 0 unspecified atom stereocenters. The molecule has 1 fully saturated rings. The average molecular weight is 515 g/mol. The lowest BCUT2D eigenvalue weighted by Crippen LogP contribution is -2.31.